The lowest BCUT2D eigenvalue weighted by molar-refractivity contribution is 0.775. The zero-order chi connectivity index (χ0) is 41.5. The topological polar surface area (TPSA) is 3.24 Å². The Morgan fingerprint density at radius 3 is 1.43 bits per heavy atom. The Morgan fingerprint density at radius 2 is 0.762 bits per heavy atom. The second-order valence-electron chi connectivity index (χ2n) is 16.7. The Labute approximate surface area is 371 Å². The fourth-order valence-corrected chi connectivity index (χ4v) is 12.1. The van der Waals surface area contributed by atoms with Gasteiger partial charge in [-0.3, -0.25) is 0 Å². The summed E-state index contributed by atoms with van der Waals surface area (Å²) in [6.07, 6.45) is 0. The largest absolute Gasteiger partial charge is 0.310 e. The Morgan fingerprint density at radius 1 is 0.302 bits per heavy atom. The van der Waals surface area contributed by atoms with Crippen LogP contribution in [-0.4, -0.2) is 0 Å². The molecule has 0 bridgehead atoms. The third-order valence-electron chi connectivity index (χ3n) is 13.5. The number of nitrogens with zero attached hydrogens (tertiary/aromatic N) is 1. The lowest BCUT2D eigenvalue weighted by Crippen LogP contribution is -2.29. The van der Waals surface area contributed by atoms with Crippen LogP contribution < -0.4 is 4.90 Å². The van der Waals surface area contributed by atoms with Gasteiger partial charge in [-0.25, -0.2) is 0 Å². The molecule has 11 aromatic rings. The van der Waals surface area contributed by atoms with Crippen LogP contribution >= 0.6 is 11.3 Å². The summed E-state index contributed by atoms with van der Waals surface area (Å²) in [5, 5.41) is 2.63. The van der Waals surface area contributed by atoms with E-state index in [9.17, 15) is 0 Å². The summed E-state index contributed by atoms with van der Waals surface area (Å²) in [6, 6.07) is 87.9. The first-order chi connectivity index (χ1) is 31.3. The van der Waals surface area contributed by atoms with Gasteiger partial charge < -0.3 is 4.90 Å². The summed E-state index contributed by atoms with van der Waals surface area (Å²) in [5.41, 5.74) is 20.5. The van der Waals surface area contributed by atoms with Crippen molar-refractivity contribution in [2.75, 3.05) is 4.90 Å². The Kier molecular flexibility index (Phi) is 8.06. The number of anilines is 3. The van der Waals surface area contributed by atoms with E-state index in [1.807, 2.05) is 11.3 Å². The summed E-state index contributed by atoms with van der Waals surface area (Å²) in [6.45, 7) is 0. The van der Waals surface area contributed by atoms with Crippen LogP contribution in [0.15, 0.2) is 237 Å². The molecule has 294 valence electrons. The maximum atomic E-state index is 2.48. The van der Waals surface area contributed by atoms with Gasteiger partial charge in [0.2, 0.25) is 0 Å². The molecule has 0 aliphatic heterocycles. The highest BCUT2D eigenvalue weighted by molar-refractivity contribution is 7.26. The third-order valence-corrected chi connectivity index (χ3v) is 14.8. The molecular weight excluding hydrogens is 779 g/mol. The molecule has 2 heteroatoms. The van der Waals surface area contributed by atoms with E-state index in [0.29, 0.717) is 0 Å². The van der Waals surface area contributed by atoms with E-state index >= 15 is 0 Å². The van der Waals surface area contributed by atoms with Crippen LogP contribution in [0.1, 0.15) is 22.3 Å². The van der Waals surface area contributed by atoms with Crippen LogP contribution in [0.2, 0.25) is 0 Å². The van der Waals surface area contributed by atoms with E-state index in [0.717, 1.165) is 17.1 Å². The molecule has 1 nitrogen and oxygen atoms in total. The first kappa shape index (κ1) is 35.9. The molecule has 0 saturated heterocycles. The molecule has 10 aromatic carbocycles. The lowest BCUT2D eigenvalue weighted by atomic mass is 9.66. The van der Waals surface area contributed by atoms with E-state index in [1.54, 1.807) is 0 Å². The molecule has 1 heterocycles. The fraction of sp³-hybridized carbons (Fsp3) is 0.0164. The lowest BCUT2D eigenvalue weighted by Gasteiger charge is -2.35. The van der Waals surface area contributed by atoms with Crippen molar-refractivity contribution >= 4 is 48.6 Å². The monoisotopic (exact) mass is 817 g/mol. The summed E-state index contributed by atoms with van der Waals surface area (Å²) >= 11 is 1.88. The average molecular weight is 818 g/mol. The van der Waals surface area contributed by atoms with Crippen LogP contribution in [0.25, 0.3) is 75.8 Å². The van der Waals surface area contributed by atoms with E-state index in [1.165, 1.54) is 98.1 Å². The highest BCUT2D eigenvalue weighted by Gasteiger charge is 2.50. The molecule has 0 radical (unpaired) electrons. The Balaban J connectivity index is 1.05. The molecule has 2 aliphatic carbocycles. The summed E-state index contributed by atoms with van der Waals surface area (Å²) in [4.78, 5) is 2.48. The van der Waals surface area contributed by atoms with E-state index in [2.05, 4.69) is 241 Å². The second kappa shape index (κ2) is 14.1. The second-order valence-corrected chi connectivity index (χ2v) is 17.8. The molecule has 63 heavy (non-hydrogen) atoms. The van der Waals surface area contributed by atoms with Crippen molar-refractivity contribution in [3.63, 3.8) is 0 Å². The van der Waals surface area contributed by atoms with E-state index in [-0.39, 0.29) is 0 Å². The van der Waals surface area contributed by atoms with Crippen LogP contribution in [0.3, 0.4) is 0 Å². The first-order valence-electron chi connectivity index (χ1n) is 21.8. The predicted molar refractivity (Wildman–Crippen MR) is 267 cm³/mol. The molecule has 13 rings (SSSR count). The summed E-state index contributed by atoms with van der Waals surface area (Å²) < 4.78 is 2.65. The molecule has 0 atom stereocenters. The Hall–Kier alpha value is -7.78. The van der Waals surface area contributed by atoms with Gasteiger partial charge in [0, 0.05) is 37.1 Å². The van der Waals surface area contributed by atoms with Crippen molar-refractivity contribution in [3.8, 4) is 55.6 Å². The number of hydrogen-bond acceptors (Lipinski definition) is 2. The molecule has 2 aliphatic rings. The van der Waals surface area contributed by atoms with Crippen molar-refractivity contribution < 1.29 is 0 Å². The van der Waals surface area contributed by atoms with Gasteiger partial charge in [0.15, 0.2) is 0 Å². The normalized spacial score (nSPS) is 12.9. The fourth-order valence-electron chi connectivity index (χ4n) is 10.9. The SMILES string of the molecule is c1ccc(-c2ccc(N(c3ccc(-c4cccc5c4sc4ccccc45)cc3)c3cccc4c3-c3ccccc3C43c4ccccc4-c4ccccc4-c4ccccc43)cc2)cc1. The maximum absolute atomic E-state index is 2.48. The van der Waals surface area contributed by atoms with Crippen LogP contribution in [0.5, 0.6) is 0 Å². The van der Waals surface area contributed by atoms with Gasteiger partial charge in [-0.15, -0.1) is 11.3 Å². The zero-order valence-corrected chi connectivity index (χ0v) is 35.2. The molecule has 0 amide bonds. The van der Waals surface area contributed by atoms with Crippen LogP contribution in [0.4, 0.5) is 17.1 Å². The molecule has 1 aromatic heterocycles. The van der Waals surface area contributed by atoms with Gasteiger partial charge in [0.05, 0.1) is 11.1 Å². The molecule has 0 unspecified atom stereocenters. The number of benzene rings is 10. The number of fused-ring (bicyclic) bond motifs is 15. The number of thiophene rings is 1. The molecule has 0 N–H and O–H groups in total. The highest BCUT2D eigenvalue weighted by atomic mass is 32.1. The van der Waals surface area contributed by atoms with Crippen molar-refractivity contribution in [1.29, 1.82) is 0 Å². The maximum Gasteiger partial charge on any atom is 0.0726 e. The predicted octanol–water partition coefficient (Wildman–Crippen LogP) is 16.9. The molecular formula is C61H39NS. The number of rotatable bonds is 5. The minimum absolute atomic E-state index is 0.566. The van der Waals surface area contributed by atoms with Crippen molar-refractivity contribution in [3.05, 3.63) is 259 Å². The smallest absolute Gasteiger partial charge is 0.0726 e. The van der Waals surface area contributed by atoms with Gasteiger partial charge in [-0.2, -0.15) is 0 Å². The minimum atomic E-state index is -0.566. The third kappa shape index (κ3) is 5.29. The summed E-state index contributed by atoms with van der Waals surface area (Å²) in [5.74, 6) is 0. The van der Waals surface area contributed by atoms with Gasteiger partial charge in [0.1, 0.15) is 0 Å². The highest BCUT2D eigenvalue weighted by Crippen LogP contribution is 2.63. The van der Waals surface area contributed by atoms with Gasteiger partial charge in [0.25, 0.3) is 0 Å². The summed E-state index contributed by atoms with van der Waals surface area (Å²) in [7, 11) is 0. The quantitative estimate of drug-likeness (QED) is 0.167. The van der Waals surface area contributed by atoms with Gasteiger partial charge >= 0.3 is 0 Å². The minimum Gasteiger partial charge on any atom is -0.310 e. The number of hydrogen-bond donors (Lipinski definition) is 0. The van der Waals surface area contributed by atoms with Crippen LogP contribution in [-0.2, 0) is 5.41 Å². The average Bonchev–Trinajstić information content (AvgIpc) is 3.86. The Bertz CT molecular complexity index is 3490. The van der Waals surface area contributed by atoms with Crippen LogP contribution in [0, 0.1) is 0 Å². The van der Waals surface area contributed by atoms with Gasteiger partial charge in [-0.05, 0) is 109 Å². The van der Waals surface area contributed by atoms with Gasteiger partial charge in [-0.1, -0.05) is 200 Å². The van der Waals surface area contributed by atoms with Crippen molar-refractivity contribution in [2.45, 2.75) is 5.41 Å². The van der Waals surface area contributed by atoms with Crippen molar-refractivity contribution in [1.82, 2.24) is 0 Å². The first-order valence-corrected chi connectivity index (χ1v) is 22.6. The zero-order valence-electron chi connectivity index (χ0n) is 34.4. The van der Waals surface area contributed by atoms with E-state index < -0.39 is 5.41 Å². The molecule has 1 spiro atoms. The molecule has 0 fully saturated rings. The molecule has 0 saturated carbocycles. The van der Waals surface area contributed by atoms with Crippen molar-refractivity contribution in [2.24, 2.45) is 0 Å². The van der Waals surface area contributed by atoms with E-state index in [4.69, 9.17) is 0 Å². The standard InChI is InChI=1S/C61H39NS/c1-2-16-40(17-3-1)41-32-36-43(37-33-41)62(44-38-34-42(35-39-44)45-24-14-25-51-50-22-9-13-31-58(50)63-60(45)51)57-30-15-29-56-59(57)52-23-8-12-28-55(52)61(56)53-26-10-6-20-48(53)46-18-4-5-19-47(46)49-21-7-11-27-54(49)61/h1-39H.